The first-order valence-corrected chi connectivity index (χ1v) is 7.46. The molecule has 0 aromatic heterocycles. The maximum Gasteiger partial charge on any atom is 0.251 e. The highest BCUT2D eigenvalue weighted by molar-refractivity contribution is 5.82. The molecule has 2 N–H and O–H groups in total. The topological polar surface area (TPSA) is 75.9 Å². The molecule has 2 aliphatic heterocycles. The Bertz CT molecular complexity index is 365. The van der Waals surface area contributed by atoms with Gasteiger partial charge in [-0.25, -0.2) is 0 Å². The van der Waals surface area contributed by atoms with Crippen LogP contribution < -0.4 is 5.73 Å². The van der Waals surface area contributed by atoms with Crippen LogP contribution in [0.5, 0.6) is 0 Å². The van der Waals surface area contributed by atoms with Gasteiger partial charge in [-0.2, -0.15) is 0 Å². The molecule has 0 saturated carbocycles. The fourth-order valence-electron chi connectivity index (χ4n) is 2.78. The molecule has 2 rings (SSSR count). The van der Waals surface area contributed by atoms with Crippen LogP contribution in [0.3, 0.4) is 0 Å². The number of nitrogens with zero attached hydrogens (tertiary/aromatic N) is 2. The van der Waals surface area contributed by atoms with Crippen molar-refractivity contribution >= 4 is 11.8 Å². The molecule has 2 heterocycles. The summed E-state index contributed by atoms with van der Waals surface area (Å²) in [6.45, 7) is 6.72. The summed E-state index contributed by atoms with van der Waals surface area (Å²) in [6.07, 6.45) is 1.30. The summed E-state index contributed by atoms with van der Waals surface area (Å²) in [7, 11) is 0. The Morgan fingerprint density at radius 2 is 1.75 bits per heavy atom. The van der Waals surface area contributed by atoms with Crippen molar-refractivity contribution in [2.45, 2.75) is 38.9 Å². The molecule has 20 heavy (non-hydrogen) atoms. The van der Waals surface area contributed by atoms with Crippen LogP contribution in [0.4, 0.5) is 0 Å². The second-order valence-corrected chi connectivity index (χ2v) is 5.87. The number of carbonyl (C=O) groups excluding carboxylic acids is 2. The lowest BCUT2D eigenvalue weighted by molar-refractivity contribution is -0.148. The van der Waals surface area contributed by atoms with E-state index in [0.29, 0.717) is 32.7 Å². The zero-order valence-corrected chi connectivity index (χ0v) is 12.4. The van der Waals surface area contributed by atoms with E-state index in [9.17, 15) is 9.59 Å². The van der Waals surface area contributed by atoms with Crippen molar-refractivity contribution in [3.05, 3.63) is 0 Å². The quantitative estimate of drug-likeness (QED) is 0.779. The number of rotatable bonds is 3. The monoisotopic (exact) mass is 283 g/mol. The van der Waals surface area contributed by atoms with E-state index in [1.807, 2.05) is 23.6 Å². The van der Waals surface area contributed by atoms with Gasteiger partial charge in [0.15, 0.2) is 0 Å². The highest BCUT2D eigenvalue weighted by Gasteiger charge is 2.34. The van der Waals surface area contributed by atoms with Crippen LogP contribution in [-0.2, 0) is 14.3 Å². The van der Waals surface area contributed by atoms with Gasteiger partial charge in [0.25, 0.3) is 5.91 Å². The normalized spacial score (nSPS) is 27.2. The van der Waals surface area contributed by atoms with Gasteiger partial charge in [-0.05, 0) is 12.8 Å². The van der Waals surface area contributed by atoms with Crippen LogP contribution >= 0.6 is 0 Å². The summed E-state index contributed by atoms with van der Waals surface area (Å²) in [4.78, 5) is 27.9. The van der Waals surface area contributed by atoms with Crippen LogP contribution in [0.2, 0.25) is 0 Å². The van der Waals surface area contributed by atoms with Gasteiger partial charge in [-0.3, -0.25) is 9.59 Å². The lowest BCUT2D eigenvalue weighted by Crippen LogP contribution is -2.53. The minimum atomic E-state index is -0.337. The van der Waals surface area contributed by atoms with E-state index in [2.05, 4.69) is 0 Å². The number of carbonyl (C=O) groups is 2. The Balaban J connectivity index is 1.82. The molecule has 0 bridgehead atoms. The van der Waals surface area contributed by atoms with E-state index >= 15 is 0 Å². The van der Waals surface area contributed by atoms with E-state index in [1.165, 1.54) is 0 Å². The third-order valence-electron chi connectivity index (χ3n) is 4.04. The Morgan fingerprint density at radius 3 is 2.25 bits per heavy atom. The average molecular weight is 283 g/mol. The van der Waals surface area contributed by atoms with Gasteiger partial charge in [0, 0.05) is 38.6 Å². The molecule has 2 fully saturated rings. The van der Waals surface area contributed by atoms with Crippen LogP contribution in [0.25, 0.3) is 0 Å². The predicted octanol–water partition coefficient (Wildman–Crippen LogP) is -0.180. The van der Waals surface area contributed by atoms with Crippen molar-refractivity contribution in [3.63, 3.8) is 0 Å². The van der Waals surface area contributed by atoms with Gasteiger partial charge < -0.3 is 20.3 Å². The molecular weight excluding hydrogens is 258 g/mol. The summed E-state index contributed by atoms with van der Waals surface area (Å²) in [5.41, 5.74) is 5.56. The van der Waals surface area contributed by atoms with E-state index in [-0.39, 0.29) is 29.9 Å². The van der Waals surface area contributed by atoms with Gasteiger partial charge in [0.05, 0.1) is 6.10 Å². The molecule has 0 aromatic rings. The second kappa shape index (κ2) is 6.54. The third kappa shape index (κ3) is 3.30. The standard InChI is InChI=1S/C14H25N3O3/c1-10(2)13(18)16-5-7-17(8-6-16)14(19)12-4-3-11(9-15)20-12/h10-12H,3-9,15H2,1-2H3. The number of nitrogens with two attached hydrogens (primary N) is 1. The smallest absolute Gasteiger partial charge is 0.251 e. The lowest BCUT2D eigenvalue weighted by atomic mass is 10.1. The van der Waals surface area contributed by atoms with Crippen LogP contribution in [0, 0.1) is 5.92 Å². The highest BCUT2D eigenvalue weighted by Crippen LogP contribution is 2.21. The average Bonchev–Trinajstić information content (AvgIpc) is 2.94. The van der Waals surface area contributed by atoms with Crippen molar-refractivity contribution in [3.8, 4) is 0 Å². The summed E-state index contributed by atoms with van der Waals surface area (Å²) in [6, 6.07) is 0. The molecule has 2 saturated heterocycles. The molecule has 2 aliphatic rings. The minimum Gasteiger partial charge on any atom is -0.364 e. The first kappa shape index (κ1) is 15.3. The molecule has 114 valence electrons. The van der Waals surface area contributed by atoms with Gasteiger partial charge in [0.1, 0.15) is 6.10 Å². The lowest BCUT2D eigenvalue weighted by Gasteiger charge is -2.36. The highest BCUT2D eigenvalue weighted by atomic mass is 16.5. The van der Waals surface area contributed by atoms with Crippen LogP contribution in [0.1, 0.15) is 26.7 Å². The number of amides is 2. The Morgan fingerprint density at radius 1 is 1.15 bits per heavy atom. The maximum absolute atomic E-state index is 12.3. The first-order valence-electron chi connectivity index (χ1n) is 7.46. The van der Waals surface area contributed by atoms with Crippen molar-refractivity contribution in [1.29, 1.82) is 0 Å². The molecule has 2 unspecified atom stereocenters. The van der Waals surface area contributed by atoms with Crippen molar-refractivity contribution in [2.24, 2.45) is 11.7 Å². The van der Waals surface area contributed by atoms with Gasteiger partial charge in [-0.1, -0.05) is 13.8 Å². The minimum absolute atomic E-state index is 0.0146. The molecular formula is C14H25N3O3. The zero-order valence-electron chi connectivity index (χ0n) is 12.4. The molecule has 0 spiro atoms. The zero-order chi connectivity index (χ0) is 14.7. The van der Waals surface area contributed by atoms with E-state index < -0.39 is 0 Å². The van der Waals surface area contributed by atoms with Crippen LogP contribution in [0.15, 0.2) is 0 Å². The van der Waals surface area contributed by atoms with Crippen molar-refractivity contribution in [1.82, 2.24) is 9.80 Å². The number of hydrogen-bond acceptors (Lipinski definition) is 4. The molecule has 6 heteroatoms. The second-order valence-electron chi connectivity index (χ2n) is 5.87. The molecule has 6 nitrogen and oxygen atoms in total. The molecule has 2 amide bonds. The fourth-order valence-corrected chi connectivity index (χ4v) is 2.78. The Hall–Kier alpha value is -1.14. The molecule has 0 aromatic carbocycles. The summed E-state index contributed by atoms with van der Waals surface area (Å²) in [5, 5.41) is 0. The predicted molar refractivity (Wildman–Crippen MR) is 74.9 cm³/mol. The Kier molecular flexibility index (Phi) is 4.99. The third-order valence-corrected chi connectivity index (χ3v) is 4.04. The fraction of sp³-hybridized carbons (Fsp3) is 0.857. The van der Waals surface area contributed by atoms with E-state index in [4.69, 9.17) is 10.5 Å². The Labute approximate surface area is 120 Å². The number of piperazine rings is 1. The summed E-state index contributed by atoms with van der Waals surface area (Å²) < 4.78 is 5.64. The van der Waals surface area contributed by atoms with E-state index in [0.717, 1.165) is 12.8 Å². The molecule has 0 aliphatic carbocycles. The van der Waals surface area contributed by atoms with Crippen molar-refractivity contribution < 1.29 is 14.3 Å². The SMILES string of the molecule is CC(C)C(=O)N1CCN(C(=O)C2CCC(CN)O2)CC1. The van der Waals surface area contributed by atoms with Crippen molar-refractivity contribution in [2.75, 3.05) is 32.7 Å². The summed E-state index contributed by atoms with van der Waals surface area (Å²) >= 11 is 0. The summed E-state index contributed by atoms with van der Waals surface area (Å²) in [5.74, 6) is 0.232. The number of hydrogen-bond donors (Lipinski definition) is 1. The number of ether oxygens (including phenoxy) is 1. The van der Waals surface area contributed by atoms with E-state index in [1.54, 1.807) is 0 Å². The first-order chi connectivity index (χ1) is 9.52. The molecule has 0 radical (unpaired) electrons. The van der Waals surface area contributed by atoms with Gasteiger partial charge >= 0.3 is 0 Å². The van der Waals surface area contributed by atoms with Gasteiger partial charge in [0.2, 0.25) is 5.91 Å². The van der Waals surface area contributed by atoms with Crippen LogP contribution in [-0.4, -0.2) is 66.5 Å². The van der Waals surface area contributed by atoms with Gasteiger partial charge in [-0.15, -0.1) is 0 Å². The maximum atomic E-state index is 12.3. The molecule has 2 atom stereocenters. The largest absolute Gasteiger partial charge is 0.364 e.